The van der Waals surface area contributed by atoms with Crippen LogP contribution in [0.2, 0.25) is 0 Å². The molecule has 6 rings (SSSR count). The maximum Gasteiger partial charge on any atom is 0.252 e. The Hall–Kier alpha value is -3.36. The van der Waals surface area contributed by atoms with Crippen LogP contribution in [-0.4, -0.2) is 52.2 Å². The third kappa shape index (κ3) is 4.77. The molecule has 2 N–H and O–H groups in total. The fourth-order valence-electron chi connectivity index (χ4n) is 7.18. The van der Waals surface area contributed by atoms with Crippen molar-refractivity contribution in [1.82, 2.24) is 10.3 Å². The van der Waals surface area contributed by atoms with E-state index in [0.717, 1.165) is 39.1 Å². The Balaban J connectivity index is 1.32. The minimum Gasteiger partial charge on any atom is -0.496 e. The van der Waals surface area contributed by atoms with Gasteiger partial charge in [0.25, 0.3) is 11.8 Å². The van der Waals surface area contributed by atoms with Gasteiger partial charge in [-0.05, 0) is 61.2 Å². The number of carbonyl (C=O) groups excluding carboxylic acids is 1. The van der Waals surface area contributed by atoms with Gasteiger partial charge in [0, 0.05) is 72.3 Å². The highest BCUT2D eigenvalue weighted by molar-refractivity contribution is 6.00. The van der Waals surface area contributed by atoms with Crippen molar-refractivity contribution in [2.24, 2.45) is 5.41 Å². The smallest absolute Gasteiger partial charge is 0.252 e. The lowest BCUT2D eigenvalue weighted by molar-refractivity contribution is -0.554. The molecule has 2 heterocycles. The number of aromatic amines is 1. The summed E-state index contributed by atoms with van der Waals surface area (Å²) in [6, 6.07) is 11.1. The number of rotatable bonds is 6. The molecule has 1 aliphatic heterocycles. The molecular weight excluding hydrogens is 522 g/mol. The molecule has 3 aliphatic rings. The zero-order valence-electron chi connectivity index (χ0n) is 23.0. The van der Waals surface area contributed by atoms with E-state index in [0.29, 0.717) is 31.5 Å². The molecular formula is C31H34F4N3O2+. The fraction of sp³-hybridized carbons (Fsp3) is 0.484. The van der Waals surface area contributed by atoms with Gasteiger partial charge in [-0.1, -0.05) is 0 Å². The van der Waals surface area contributed by atoms with Crippen molar-refractivity contribution in [2.45, 2.75) is 76.3 Å². The zero-order chi connectivity index (χ0) is 28.5. The van der Waals surface area contributed by atoms with Crippen LogP contribution in [0.25, 0.3) is 10.9 Å². The van der Waals surface area contributed by atoms with E-state index in [-0.39, 0.29) is 25.7 Å². The first-order chi connectivity index (χ1) is 18.8. The highest BCUT2D eigenvalue weighted by Crippen LogP contribution is 2.57. The van der Waals surface area contributed by atoms with E-state index in [4.69, 9.17) is 4.74 Å². The van der Waals surface area contributed by atoms with Gasteiger partial charge in [0.05, 0.1) is 12.7 Å². The molecule has 0 saturated heterocycles. The zero-order valence-corrected chi connectivity index (χ0v) is 23.0. The van der Waals surface area contributed by atoms with Gasteiger partial charge in [-0.3, -0.25) is 4.79 Å². The predicted octanol–water partition coefficient (Wildman–Crippen LogP) is 6.61. The van der Waals surface area contributed by atoms with E-state index in [1.54, 1.807) is 26.2 Å². The van der Waals surface area contributed by atoms with E-state index < -0.39 is 28.7 Å². The van der Waals surface area contributed by atoms with E-state index in [1.165, 1.54) is 0 Å². The number of H-pyrrole nitrogens is 1. The average molecular weight is 557 g/mol. The minimum atomic E-state index is -2.74. The predicted molar refractivity (Wildman–Crippen MR) is 145 cm³/mol. The Morgan fingerprint density at radius 1 is 1.05 bits per heavy atom. The summed E-state index contributed by atoms with van der Waals surface area (Å²) in [7, 11) is 1.65. The molecule has 1 amide bonds. The van der Waals surface area contributed by atoms with Crippen LogP contribution in [0.4, 0.5) is 17.6 Å². The number of fused-ring (bicyclic) bond motifs is 1. The van der Waals surface area contributed by atoms with Crippen molar-refractivity contribution in [3.8, 4) is 5.75 Å². The largest absolute Gasteiger partial charge is 0.496 e. The highest BCUT2D eigenvalue weighted by Gasteiger charge is 2.59. The standard InChI is InChI=1S/C31H33F4N3O2/c1-19-12-25(40-3)23(22-8-10-36-26(19)22)14-38-11-9-29(17-31(34,35)18-29)13-24(38)20-4-6-21(7-5-20)27(39)37-28(2)15-30(32,33)16-28/h4-8,10,12,36H,9,11,13-18H2,1-3H3/p+1. The van der Waals surface area contributed by atoms with Crippen molar-refractivity contribution in [3.63, 3.8) is 0 Å². The van der Waals surface area contributed by atoms with Crippen molar-refractivity contribution in [3.05, 3.63) is 64.8 Å². The molecule has 1 spiro atoms. The van der Waals surface area contributed by atoms with Crippen LogP contribution >= 0.6 is 0 Å². The quantitative estimate of drug-likeness (QED) is 0.265. The lowest BCUT2D eigenvalue weighted by atomic mass is 9.60. The summed E-state index contributed by atoms with van der Waals surface area (Å²) in [5, 5.41) is 3.80. The molecule has 1 aromatic heterocycles. The Morgan fingerprint density at radius 2 is 1.73 bits per heavy atom. The molecule has 0 bridgehead atoms. The second-order valence-corrected chi connectivity index (χ2v) is 12.4. The number of hydrogen-bond donors (Lipinski definition) is 2. The third-order valence-electron chi connectivity index (χ3n) is 8.98. The molecule has 2 fully saturated rings. The number of nitrogens with zero attached hydrogens (tertiary/aromatic N) is 1. The van der Waals surface area contributed by atoms with Crippen LogP contribution < -0.4 is 10.1 Å². The van der Waals surface area contributed by atoms with Gasteiger partial charge in [0.15, 0.2) is 12.3 Å². The minimum absolute atomic E-state index is 0.114. The number of aryl methyl sites for hydroxylation is 1. The number of ether oxygens (including phenoxy) is 1. The first kappa shape index (κ1) is 26.8. The number of methoxy groups -OCH3 is 1. The summed E-state index contributed by atoms with van der Waals surface area (Å²) >= 11 is 0. The van der Waals surface area contributed by atoms with Crippen LogP contribution in [0, 0.1) is 12.3 Å². The molecule has 2 aliphatic carbocycles. The first-order valence-corrected chi connectivity index (χ1v) is 13.7. The molecule has 0 atom stereocenters. The molecule has 3 aromatic rings. The second kappa shape index (κ2) is 9.08. The third-order valence-corrected chi connectivity index (χ3v) is 8.98. The molecule has 2 saturated carbocycles. The number of carbonyl (C=O) groups is 1. The average Bonchev–Trinajstić information content (AvgIpc) is 3.35. The maximum absolute atomic E-state index is 14.0. The van der Waals surface area contributed by atoms with Crippen LogP contribution in [0.1, 0.15) is 72.5 Å². The van der Waals surface area contributed by atoms with Gasteiger partial charge >= 0.3 is 0 Å². The van der Waals surface area contributed by atoms with E-state index >= 15 is 0 Å². The summed E-state index contributed by atoms with van der Waals surface area (Å²) < 4.78 is 62.9. The number of aromatic nitrogens is 1. The SMILES string of the molecule is COc1cc(C)c2[nH]ccc2c1C[N+]1=C(c2ccc(C(=O)NC3(C)CC(F)(F)C3)cc2)CC2(CC1)CC(F)(F)C2. The van der Waals surface area contributed by atoms with Gasteiger partial charge in [-0.15, -0.1) is 0 Å². The van der Waals surface area contributed by atoms with E-state index in [1.807, 2.05) is 37.4 Å². The lowest BCUT2D eigenvalue weighted by Crippen LogP contribution is -2.60. The first-order valence-electron chi connectivity index (χ1n) is 13.7. The highest BCUT2D eigenvalue weighted by atomic mass is 19.3. The van der Waals surface area contributed by atoms with E-state index in [9.17, 15) is 22.4 Å². The molecule has 0 unspecified atom stereocenters. The number of hydrogen-bond acceptors (Lipinski definition) is 2. The number of nitrogens with one attached hydrogen (secondary N) is 2. The normalized spacial score (nSPS) is 22.1. The molecule has 2 aromatic carbocycles. The van der Waals surface area contributed by atoms with Gasteiger partial charge in [0.1, 0.15) is 12.3 Å². The monoisotopic (exact) mass is 556 g/mol. The van der Waals surface area contributed by atoms with Crippen LogP contribution in [0.15, 0.2) is 42.6 Å². The van der Waals surface area contributed by atoms with Crippen molar-refractivity contribution in [1.29, 1.82) is 0 Å². The van der Waals surface area contributed by atoms with Crippen LogP contribution in [0.5, 0.6) is 5.75 Å². The molecule has 5 nitrogen and oxygen atoms in total. The summed E-state index contributed by atoms with van der Waals surface area (Å²) in [5.74, 6) is -4.99. The van der Waals surface area contributed by atoms with Crippen molar-refractivity contribution in [2.75, 3.05) is 13.7 Å². The fourth-order valence-corrected chi connectivity index (χ4v) is 7.18. The molecule has 9 heteroatoms. The van der Waals surface area contributed by atoms with Crippen molar-refractivity contribution < 1.29 is 31.7 Å². The Kier molecular flexibility index (Phi) is 6.09. The summed E-state index contributed by atoms with van der Waals surface area (Å²) in [6.45, 7) is 4.83. The number of halogens is 4. The second-order valence-electron chi connectivity index (χ2n) is 12.4. The Bertz CT molecular complexity index is 1510. The molecule has 0 radical (unpaired) electrons. The van der Waals surface area contributed by atoms with Gasteiger partial charge in [-0.2, -0.15) is 0 Å². The van der Waals surface area contributed by atoms with E-state index in [2.05, 4.69) is 14.9 Å². The van der Waals surface area contributed by atoms with Gasteiger partial charge in [-0.25, -0.2) is 22.1 Å². The number of benzene rings is 2. The summed E-state index contributed by atoms with van der Waals surface area (Å²) in [4.78, 5) is 16.1. The van der Waals surface area contributed by atoms with Crippen LogP contribution in [-0.2, 0) is 6.54 Å². The topological polar surface area (TPSA) is 57.1 Å². The van der Waals surface area contributed by atoms with Crippen molar-refractivity contribution >= 4 is 22.5 Å². The van der Waals surface area contributed by atoms with Gasteiger partial charge in [0.2, 0.25) is 5.92 Å². The number of amides is 1. The summed E-state index contributed by atoms with van der Waals surface area (Å²) in [5.41, 5.74) is 3.99. The lowest BCUT2D eigenvalue weighted by Gasteiger charge is -2.48. The number of alkyl halides is 4. The maximum atomic E-state index is 14.0. The summed E-state index contributed by atoms with van der Waals surface area (Å²) in [6.07, 6.45) is 2.13. The molecule has 212 valence electrons. The molecule has 40 heavy (non-hydrogen) atoms. The Morgan fingerprint density at radius 3 is 2.35 bits per heavy atom. The van der Waals surface area contributed by atoms with Gasteiger partial charge < -0.3 is 15.0 Å². The van der Waals surface area contributed by atoms with Crippen LogP contribution in [0.3, 0.4) is 0 Å². The Labute approximate surface area is 230 Å².